The molecule has 1 aromatic carbocycles. The van der Waals surface area contributed by atoms with E-state index < -0.39 is 0 Å². The summed E-state index contributed by atoms with van der Waals surface area (Å²) in [6, 6.07) is 10.4. The minimum atomic E-state index is 0.806. The quantitative estimate of drug-likeness (QED) is 0.935. The third-order valence-electron chi connectivity index (χ3n) is 4.16. The second kappa shape index (κ2) is 6.86. The largest absolute Gasteiger partial charge is 0.378 e. The van der Waals surface area contributed by atoms with Crippen molar-refractivity contribution in [3.63, 3.8) is 0 Å². The summed E-state index contributed by atoms with van der Waals surface area (Å²) in [7, 11) is 4.09. The van der Waals surface area contributed by atoms with Crippen LogP contribution in [-0.4, -0.2) is 37.2 Å². The predicted molar refractivity (Wildman–Crippen MR) is 96.9 cm³/mol. The molecular weight excluding hydrogens is 286 g/mol. The van der Waals surface area contributed by atoms with Crippen LogP contribution in [0, 0.1) is 6.92 Å². The molecular formula is C18H25N5. The first-order chi connectivity index (χ1) is 11.1. The average Bonchev–Trinajstić information content (AvgIpc) is 2.55. The maximum absolute atomic E-state index is 4.60. The van der Waals surface area contributed by atoms with E-state index in [2.05, 4.69) is 55.4 Å². The van der Waals surface area contributed by atoms with E-state index in [4.69, 9.17) is 0 Å². The molecule has 1 saturated heterocycles. The molecule has 122 valence electrons. The number of hydrogen-bond acceptors (Lipinski definition) is 5. The molecule has 1 aliphatic rings. The van der Waals surface area contributed by atoms with Crippen molar-refractivity contribution < 1.29 is 0 Å². The van der Waals surface area contributed by atoms with E-state index in [9.17, 15) is 0 Å². The van der Waals surface area contributed by atoms with Crippen LogP contribution >= 0.6 is 0 Å². The van der Waals surface area contributed by atoms with Gasteiger partial charge in [-0.05, 0) is 50.5 Å². The van der Waals surface area contributed by atoms with Crippen molar-refractivity contribution in [2.24, 2.45) is 0 Å². The summed E-state index contributed by atoms with van der Waals surface area (Å²) in [6.07, 6.45) is 3.82. The van der Waals surface area contributed by atoms with Crippen molar-refractivity contribution in [1.82, 2.24) is 9.97 Å². The van der Waals surface area contributed by atoms with Gasteiger partial charge in [-0.15, -0.1) is 0 Å². The molecule has 1 aromatic heterocycles. The molecule has 23 heavy (non-hydrogen) atoms. The second-order valence-electron chi connectivity index (χ2n) is 6.27. The van der Waals surface area contributed by atoms with Gasteiger partial charge in [0, 0.05) is 44.6 Å². The monoisotopic (exact) mass is 311 g/mol. The fourth-order valence-electron chi connectivity index (χ4n) is 2.89. The fraction of sp³-hybridized carbons (Fsp3) is 0.444. The summed E-state index contributed by atoms with van der Waals surface area (Å²) in [4.78, 5) is 13.6. The van der Waals surface area contributed by atoms with Crippen molar-refractivity contribution in [2.45, 2.75) is 26.2 Å². The lowest BCUT2D eigenvalue weighted by Crippen LogP contribution is -2.30. The van der Waals surface area contributed by atoms with Crippen LogP contribution in [0.4, 0.5) is 23.0 Å². The van der Waals surface area contributed by atoms with E-state index in [-0.39, 0.29) is 0 Å². The number of nitrogens with one attached hydrogen (secondary N) is 1. The SMILES string of the molecule is Cc1nc(Nc2ccc(N(C)C)cc2)cc(N2CCCCC2)n1. The first-order valence-corrected chi connectivity index (χ1v) is 8.27. The molecule has 2 aromatic rings. The van der Waals surface area contributed by atoms with Crippen molar-refractivity contribution in [1.29, 1.82) is 0 Å². The Morgan fingerprint density at radius 1 is 1.00 bits per heavy atom. The highest BCUT2D eigenvalue weighted by Gasteiger charge is 2.13. The van der Waals surface area contributed by atoms with Crippen molar-refractivity contribution in [3.05, 3.63) is 36.2 Å². The smallest absolute Gasteiger partial charge is 0.136 e. The standard InChI is InChI=1S/C18H25N5/c1-14-19-17(13-18(20-14)23-11-5-4-6-12-23)21-15-7-9-16(10-8-15)22(2)3/h7-10,13H,4-6,11-12H2,1-3H3,(H,19,20,21). The highest BCUT2D eigenvalue weighted by atomic mass is 15.2. The number of anilines is 4. The van der Waals surface area contributed by atoms with Crippen molar-refractivity contribution in [3.8, 4) is 0 Å². The molecule has 1 N–H and O–H groups in total. The van der Waals surface area contributed by atoms with E-state index in [1.165, 1.54) is 24.9 Å². The molecule has 0 radical (unpaired) electrons. The van der Waals surface area contributed by atoms with Crippen molar-refractivity contribution in [2.75, 3.05) is 42.3 Å². The Labute approximate surface area is 138 Å². The van der Waals surface area contributed by atoms with E-state index in [1.54, 1.807) is 0 Å². The Kier molecular flexibility index (Phi) is 4.65. The van der Waals surface area contributed by atoms with Gasteiger partial charge in [0.2, 0.25) is 0 Å². The predicted octanol–water partition coefficient (Wildman–Crippen LogP) is 3.58. The molecule has 1 aliphatic heterocycles. The minimum absolute atomic E-state index is 0.806. The molecule has 5 nitrogen and oxygen atoms in total. The molecule has 0 aliphatic carbocycles. The summed E-state index contributed by atoms with van der Waals surface area (Å²) in [5.41, 5.74) is 2.22. The van der Waals surface area contributed by atoms with Crippen LogP contribution in [0.5, 0.6) is 0 Å². The number of rotatable bonds is 4. The van der Waals surface area contributed by atoms with Gasteiger partial charge in [-0.1, -0.05) is 0 Å². The van der Waals surface area contributed by atoms with E-state index in [0.29, 0.717) is 0 Å². The third kappa shape index (κ3) is 3.92. The topological polar surface area (TPSA) is 44.3 Å². The summed E-state index contributed by atoms with van der Waals surface area (Å²) >= 11 is 0. The maximum Gasteiger partial charge on any atom is 0.136 e. The molecule has 1 fully saturated rings. The van der Waals surface area contributed by atoms with Crippen LogP contribution in [0.1, 0.15) is 25.1 Å². The number of nitrogens with zero attached hydrogens (tertiary/aromatic N) is 4. The fourth-order valence-corrected chi connectivity index (χ4v) is 2.89. The number of aromatic nitrogens is 2. The molecule has 5 heteroatoms. The Bertz CT molecular complexity index is 645. The Hall–Kier alpha value is -2.30. The van der Waals surface area contributed by atoms with Gasteiger partial charge in [0.25, 0.3) is 0 Å². The molecule has 0 spiro atoms. The van der Waals surface area contributed by atoms with E-state index in [0.717, 1.165) is 36.2 Å². The van der Waals surface area contributed by atoms with Gasteiger partial charge in [0.15, 0.2) is 0 Å². The first-order valence-electron chi connectivity index (χ1n) is 8.27. The second-order valence-corrected chi connectivity index (χ2v) is 6.27. The average molecular weight is 311 g/mol. The van der Waals surface area contributed by atoms with Crippen molar-refractivity contribution >= 4 is 23.0 Å². The third-order valence-corrected chi connectivity index (χ3v) is 4.16. The van der Waals surface area contributed by atoms with Crippen LogP contribution in [0.3, 0.4) is 0 Å². The summed E-state index contributed by atoms with van der Waals surface area (Å²) in [6.45, 7) is 4.13. The lowest BCUT2D eigenvalue weighted by atomic mass is 10.1. The van der Waals surface area contributed by atoms with Gasteiger partial charge in [0.1, 0.15) is 17.5 Å². The Morgan fingerprint density at radius 3 is 2.35 bits per heavy atom. The van der Waals surface area contributed by atoms with Crippen LogP contribution in [0.15, 0.2) is 30.3 Å². The minimum Gasteiger partial charge on any atom is -0.378 e. The van der Waals surface area contributed by atoms with Gasteiger partial charge in [0.05, 0.1) is 0 Å². The van der Waals surface area contributed by atoms with E-state index in [1.807, 2.05) is 21.0 Å². The summed E-state index contributed by atoms with van der Waals surface area (Å²) < 4.78 is 0. The van der Waals surface area contributed by atoms with Crippen LogP contribution in [-0.2, 0) is 0 Å². The van der Waals surface area contributed by atoms with Gasteiger partial charge in [-0.25, -0.2) is 9.97 Å². The molecule has 3 rings (SSSR count). The molecule has 0 atom stereocenters. The zero-order valence-electron chi connectivity index (χ0n) is 14.2. The van der Waals surface area contributed by atoms with Gasteiger partial charge in [-0.2, -0.15) is 0 Å². The Balaban J connectivity index is 1.78. The molecule has 0 unspecified atom stereocenters. The molecule has 2 heterocycles. The van der Waals surface area contributed by atoms with Gasteiger partial charge < -0.3 is 15.1 Å². The molecule has 0 amide bonds. The zero-order valence-corrected chi connectivity index (χ0v) is 14.2. The highest BCUT2D eigenvalue weighted by molar-refractivity contribution is 5.62. The van der Waals surface area contributed by atoms with Crippen LogP contribution in [0.25, 0.3) is 0 Å². The van der Waals surface area contributed by atoms with Gasteiger partial charge >= 0.3 is 0 Å². The molecule has 0 saturated carbocycles. The maximum atomic E-state index is 4.60. The number of aryl methyl sites for hydroxylation is 1. The number of benzene rings is 1. The molecule has 0 bridgehead atoms. The first kappa shape index (κ1) is 15.6. The van der Waals surface area contributed by atoms with Crippen LogP contribution < -0.4 is 15.1 Å². The Morgan fingerprint density at radius 2 is 1.70 bits per heavy atom. The lowest BCUT2D eigenvalue weighted by Gasteiger charge is -2.28. The van der Waals surface area contributed by atoms with E-state index >= 15 is 0 Å². The van der Waals surface area contributed by atoms with Crippen LogP contribution in [0.2, 0.25) is 0 Å². The lowest BCUT2D eigenvalue weighted by molar-refractivity contribution is 0.572. The van der Waals surface area contributed by atoms with Gasteiger partial charge in [-0.3, -0.25) is 0 Å². The summed E-state index contributed by atoms with van der Waals surface area (Å²) in [5, 5.41) is 3.39. The highest BCUT2D eigenvalue weighted by Crippen LogP contribution is 2.23. The normalized spacial score (nSPS) is 14.7. The summed E-state index contributed by atoms with van der Waals surface area (Å²) in [5.74, 6) is 2.70. The number of hydrogen-bond donors (Lipinski definition) is 1. The number of piperidine rings is 1. The zero-order chi connectivity index (χ0) is 16.2.